The Morgan fingerprint density at radius 1 is 1.04 bits per heavy atom. The van der Waals surface area contributed by atoms with Gasteiger partial charge in [0.2, 0.25) is 5.76 Å². The standard InChI is InChI=1S/C17H9ClF2O4/c18-11-2-4-15-10(5-11)7-16(24-15)17(22)23-8-14(21)9-1-3-12(19)13(20)6-9/h1-7H,8H2. The first-order valence-corrected chi connectivity index (χ1v) is 7.16. The molecule has 0 aliphatic rings. The fraction of sp³-hybridized carbons (Fsp3) is 0.0588. The highest BCUT2D eigenvalue weighted by Crippen LogP contribution is 2.23. The summed E-state index contributed by atoms with van der Waals surface area (Å²) in [4.78, 5) is 23.8. The van der Waals surface area contributed by atoms with E-state index in [4.69, 9.17) is 20.8 Å². The number of carbonyl (C=O) groups excluding carboxylic acids is 2. The van der Waals surface area contributed by atoms with Crippen LogP contribution in [0.5, 0.6) is 0 Å². The van der Waals surface area contributed by atoms with E-state index in [2.05, 4.69) is 0 Å². The normalized spacial score (nSPS) is 10.8. The van der Waals surface area contributed by atoms with Crippen LogP contribution in [0.25, 0.3) is 11.0 Å². The van der Waals surface area contributed by atoms with Crippen LogP contribution < -0.4 is 0 Å². The first kappa shape index (κ1) is 16.1. The van der Waals surface area contributed by atoms with Crippen LogP contribution in [0.4, 0.5) is 8.78 Å². The van der Waals surface area contributed by atoms with E-state index in [1.54, 1.807) is 18.2 Å². The number of carbonyl (C=O) groups is 2. The maximum atomic E-state index is 13.1. The number of hydrogen-bond donors (Lipinski definition) is 0. The zero-order valence-electron chi connectivity index (χ0n) is 12.0. The summed E-state index contributed by atoms with van der Waals surface area (Å²) in [6.45, 7) is -0.623. The van der Waals surface area contributed by atoms with Gasteiger partial charge < -0.3 is 9.15 Å². The minimum Gasteiger partial charge on any atom is -0.451 e. The highest BCUT2D eigenvalue weighted by atomic mass is 35.5. The molecule has 0 bridgehead atoms. The fourth-order valence-corrected chi connectivity index (χ4v) is 2.25. The molecule has 4 nitrogen and oxygen atoms in total. The molecule has 0 fully saturated rings. The molecule has 24 heavy (non-hydrogen) atoms. The molecular weight excluding hydrogens is 342 g/mol. The summed E-state index contributed by atoms with van der Waals surface area (Å²) >= 11 is 5.84. The van der Waals surface area contributed by atoms with Crippen LogP contribution in [0, 0.1) is 11.6 Å². The maximum Gasteiger partial charge on any atom is 0.374 e. The number of fused-ring (bicyclic) bond motifs is 1. The average molecular weight is 351 g/mol. The van der Waals surface area contributed by atoms with Crippen molar-refractivity contribution in [3.8, 4) is 0 Å². The number of esters is 1. The van der Waals surface area contributed by atoms with Crippen molar-refractivity contribution in [3.63, 3.8) is 0 Å². The van der Waals surface area contributed by atoms with Crippen molar-refractivity contribution in [1.82, 2.24) is 0 Å². The Kier molecular flexibility index (Phi) is 4.31. The van der Waals surface area contributed by atoms with Gasteiger partial charge in [0.05, 0.1) is 0 Å². The molecule has 0 atom stereocenters. The zero-order chi connectivity index (χ0) is 17.3. The van der Waals surface area contributed by atoms with E-state index in [1.165, 1.54) is 6.07 Å². The van der Waals surface area contributed by atoms with Gasteiger partial charge in [0.15, 0.2) is 24.0 Å². The highest BCUT2D eigenvalue weighted by molar-refractivity contribution is 6.31. The van der Waals surface area contributed by atoms with Gasteiger partial charge in [-0.25, -0.2) is 13.6 Å². The molecule has 122 valence electrons. The number of hydrogen-bond acceptors (Lipinski definition) is 4. The minimum absolute atomic E-state index is 0.0923. The van der Waals surface area contributed by atoms with Gasteiger partial charge in [0.1, 0.15) is 5.58 Å². The number of rotatable bonds is 4. The highest BCUT2D eigenvalue weighted by Gasteiger charge is 2.17. The third kappa shape index (κ3) is 3.28. The quantitative estimate of drug-likeness (QED) is 0.517. The molecule has 0 saturated heterocycles. The summed E-state index contributed by atoms with van der Waals surface area (Å²) in [6.07, 6.45) is 0. The van der Waals surface area contributed by atoms with Crippen LogP contribution in [0.15, 0.2) is 46.9 Å². The molecule has 1 heterocycles. The van der Waals surface area contributed by atoms with Crippen LogP contribution in [-0.4, -0.2) is 18.4 Å². The average Bonchev–Trinajstić information content (AvgIpc) is 2.98. The molecular formula is C17H9ClF2O4. The van der Waals surface area contributed by atoms with Crippen molar-refractivity contribution >= 4 is 34.3 Å². The van der Waals surface area contributed by atoms with Crippen molar-refractivity contribution in [2.24, 2.45) is 0 Å². The summed E-state index contributed by atoms with van der Waals surface area (Å²) in [6, 6.07) is 8.94. The van der Waals surface area contributed by atoms with Gasteiger partial charge in [-0.3, -0.25) is 4.79 Å². The smallest absolute Gasteiger partial charge is 0.374 e. The second-order valence-corrected chi connectivity index (χ2v) is 5.36. The van der Waals surface area contributed by atoms with Crippen LogP contribution in [0.1, 0.15) is 20.9 Å². The molecule has 0 aliphatic carbocycles. The SMILES string of the molecule is O=C(COC(=O)c1cc2cc(Cl)ccc2o1)c1ccc(F)c(F)c1. The van der Waals surface area contributed by atoms with Gasteiger partial charge in [-0.2, -0.15) is 0 Å². The minimum atomic E-state index is -1.15. The van der Waals surface area contributed by atoms with Crippen LogP contribution >= 0.6 is 11.6 Å². The molecule has 3 aromatic rings. The van der Waals surface area contributed by atoms with Crippen molar-refractivity contribution in [2.45, 2.75) is 0 Å². The number of ketones is 1. The predicted molar refractivity (Wildman–Crippen MR) is 82.2 cm³/mol. The lowest BCUT2D eigenvalue weighted by molar-refractivity contribution is 0.0446. The number of Topliss-reactive ketones (excluding diaryl/α,β-unsaturated/α-hetero) is 1. The number of ether oxygens (including phenoxy) is 1. The third-order valence-electron chi connectivity index (χ3n) is 3.26. The number of benzene rings is 2. The second kappa shape index (κ2) is 6.41. The first-order valence-electron chi connectivity index (χ1n) is 6.78. The van der Waals surface area contributed by atoms with Crippen LogP contribution in [0.3, 0.4) is 0 Å². The summed E-state index contributed by atoms with van der Waals surface area (Å²) in [5.41, 5.74) is 0.344. The van der Waals surface area contributed by atoms with E-state index in [1.807, 2.05) is 0 Å². The molecule has 0 N–H and O–H groups in total. The van der Waals surface area contributed by atoms with Crippen LogP contribution in [-0.2, 0) is 4.74 Å². The Hall–Kier alpha value is -2.73. The Bertz CT molecular complexity index is 949. The number of halogens is 3. The summed E-state index contributed by atoms with van der Waals surface area (Å²) in [7, 11) is 0. The van der Waals surface area contributed by atoms with E-state index < -0.39 is 30.0 Å². The Morgan fingerprint density at radius 2 is 1.83 bits per heavy atom. The Labute approximate surface area is 139 Å². The van der Waals surface area contributed by atoms with Gasteiger partial charge in [-0.15, -0.1) is 0 Å². The molecule has 0 aliphatic heterocycles. The van der Waals surface area contributed by atoms with Gasteiger partial charge in [0.25, 0.3) is 0 Å². The molecule has 3 rings (SSSR count). The monoisotopic (exact) mass is 350 g/mol. The lowest BCUT2D eigenvalue weighted by Gasteiger charge is -2.03. The predicted octanol–water partition coefficient (Wildman–Crippen LogP) is 4.40. The molecule has 2 aromatic carbocycles. The number of furan rings is 1. The Morgan fingerprint density at radius 3 is 2.58 bits per heavy atom. The largest absolute Gasteiger partial charge is 0.451 e. The maximum absolute atomic E-state index is 13.1. The van der Waals surface area contributed by atoms with E-state index in [-0.39, 0.29) is 11.3 Å². The van der Waals surface area contributed by atoms with E-state index in [0.717, 1.165) is 18.2 Å². The van der Waals surface area contributed by atoms with Gasteiger partial charge in [-0.1, -0.05) is 11.6 Å². The van der Waals surface area contributed by atoms with Crippen molar-refractivity contribution in [1.29, 1.82) is 0 Å². The topological polar surface area (TPSA) is 56.5 Å². The molecule has 0 unspecified atom stereocenters. The second-order valence-electron chi connectivity index (χ2n) is 4.92. The van der Waals surface area contributed by atoms with E-state index in [9.17, 15) is 18.4 Å². The summed E-state index contributed by atoms with van der Waals surface area (Å²) in [5.74, 6) is -3.82. The summed E-state index contributed by atoms with van der Waals surface area (Å²) < 4.78 is 36.1. The molecule has 0 spiro atoms. The fourth-order valence-electron chi connectivity index (χ4n) is 2.07. The van der Waals surface area contributed by atoms with Gasteiger partial charge in [-0.05, 0) is 42.5 Å². The molecule has 0 saturated carbocycles. The Balaban J connectivity index is 1.69. The third-order valence-corrected chi connectivity index (χ3v) is 3.49. The van der Waals surface area contributed by atoms with E-state index in [0.29, 0.717) is 16.0 Å². The van der Waals surface area contributed by atoms with Crippen molar-refractivity contribution in [3.05, 3.63) is 70.4 Å². The van der Waals surface area contributed by atoms with Gasteiger partial charge in [0, 0.05) is 16.0 Å². The molecule has 7 heteroatoms. The van der Waals surface area contributed by atoms with E-state index >= 15 is 0 Å². The molecule has 0 radical (unpaired) electrons. The lowest BCUT2D eigenvalue weighted by atomic mass is 10.1. The van der Waals surface area contributed by atoms with Crippen LogP contribution in [0.2, 0.25) is 5.02 Å². The summed E-state index contributed by atoms with van der Waals surface area (Å²) in [5, 5.41) is 1.10. The van der Waals surface area contributed by atoms with Crippen molar-refractivity contribution < 1.29 is 27.5 Å². The van der Waals surface area contributed by atoms with Gasteiger partial charge >= 0.3 is 5.97 Å². The zero-order valence-corrected chi connectivity index (χ0v) is 12.8. The molecule has 0 amide bonds. The lowest BCUT2D eigenvalue weighted by Crippen LogP contribution is -2.14. The molecule has 1 aromatic heterocycles. The van der Waals surface area contributed by atoms with Crippen molar-refractivity contribution in [2.75, 3.05) is 6.61 Å². The first-order chi connectivity index (χ1) is 11.4.